The highest BCUT2D eigenvalue weighted by Gasteiger charge is 2.00. The van der Waals surface area contributed by atoms with Gasteiger partial charge < -0.3 is 9.47 Å². The van der Waals surface area contributed by atoms with Crippen molar-refractivity contribution in [1.29, 1.82) is 0 Å². The molecule has 0 N–H and O–H groups in total. The zero-order valence-electron chi connectivity index (χ0n) is 8.86. The van der Waals surface area contributed by atoms with Crippen LogP contribution in [-0.2, 0) is 15.3 Å². The first kappa shape index (κ1) is 11.9. The minimum Gasteiger partial charge on any atom is -0.497 e. The summed E-state index contributed by atoms with van der Waals surface area (Å²) in [6.45, 7) is 0. The standard InChI is InChI=1S/C11H14O3S/c1-13-10-5-3-9(4-6-10)7-15-8-11(12)14-2/h3-6H,7-8H2,1-2H3. The van der Waals surface area contributed by atoms with Gasteiger partial charge in [0.1, 0.15) is 5.75 Å². The van der Waals surface area contributed by atoms with Crippen molar-refractivity contribution in [3.8, 4) is 5.75 Å². The Morgan fingerprint density at radius 2 is 1.93 bits per heavy atom. The summed E-state index contributed by atoms with van der Waals surface area (Å²) in [7, 11) is 3.04. The monoisotopic (exact) mass is 226 g/mol. The average Bonchev–Trinajstić information content (AvgIpc) is 2.29. The SMILES string of the molecule is COC(=O)CSCc1ccc(OC)cc1. The molecule has 0 atom stereocenters. The molecule has 82 valence electrons. The molecule has 3 nitrogen and oxygen atoms in total. The Hall–Kier alpha value is -1.16. The van der Waals surface area contributed by atoms with Gasteiger partial charge in [-0.25, -0.2) is 0 Å². The van der Waals surface area contributed by atoms with Crippen molar-refractivity contribution < 1.29 is 14.3 Å². The lowest BCUT2D eigenvalue weighted by molar-refractivity contribution is -0.137. The van der Waals surface area contributed by atoms with Gasteiger partial charge in [0.05, 0.1) is 20.0 Å². The molecule has 0 saturated carbocycles. The largest absolute Gasteiger partial charge is 0.497 e. The molecule has 0 aromatic heterocycles. The maximum atomic E-state index is 10.8. The van der Waals surface area contributed by atoms with Gasteiger partial charge in [0.25, 0.3) is 0 Å². The number of benzene rings is 1. The zero-order valence-corrected chi connectivity index (χ0v) is 9.67. The summed E-state index contributed by atoms with van der Waals surface area (Å²) in [6, 6.07) is 7.80. The Bertz CT molecular complexity index is 308. The number of ether oxygens (including phenoxy) is 2. The number of hydrogen-bond acceptors (Lipinski definition) is 4. The molecule has 1 aromatic carbocycles. The first-order valence-electron chi connectivity index (χ1n) is 4.53. The van der Waals surface area contributed by atoms with Crippen molar-refractivity contribution in [3.63, 3.8) is 0 Å². The van der Waals surface area contributed by atoms with Gasteiger partial charge in [0.15, 0.2) is 0 Å². The molecule has 0 unspecified atom stereocenters. The summed E-state index contributed by atoms with van der Waals surface area (Å²) in [5.74, 6) is 1.85. The third kappa shape index (κ3) is 4.25. The van der Waals surface area contributed by atoms with E-state index >= 15 is 0 Å². The molecule has 4 heteroatoms. The third-order valence-corrected chi connectivity index (χ3v) is 2.85. The van der Waals surface area contributed by atoms with E-state index in [2.05, 4.69) is 4.74 Å². The van der Waals surface area contributed by atoms with Crippen LogP contribution in [0.2, 0.25) is 0 Å². The van der Waals surface area contributed by atoms with Crippen LogP contribution in [0.15, 0.2) is 24.3 Å². The van der Waals surface area contributed by atoms with Gasteiger partial charge in [-0.05, 0) is 17.7 Å². The van der Waals surface area contributed by atoms with E-state index in [1.807, 2.05) is 24.3 Å². The summed E-state index contributed by atoms with van der Waals surface area (Å²) in [4.78, 5) is 10.8. The minimum atomic E-state index is -0.187. The Morgan fingerprint density at radius 1 is 1.27 bits per heavy atom. The van der Waals surface area contributed by atoms with Gasteiger partial charge in [0, 0.05) is 5.75 Å². The highest BCUT2D eigenvalue weighted by atomic mass is 32.2. The van der Waals surface area contributed by atoms with Crippen molar-refractivity contribution in [2.45, 2.75) is 5.75 Å². The molecule has 0 spiro atoms. The quantitative estimate of drug-likeness (QED) is 0.720. The fourth-order valence-corrected chi connectivity index (χ4v) is 1.85. The topological polar surface area (TPSA) is 35.5 Å². The number of methoxy groups -OCH3 is 2. The fourth-order valence-electron chi connectivity index (χ4n) is 1.03. The maximum Gasteiger partial charge on any atom is 0.315 e. The summed E-state index contributed by atoms with van der Waals surface area (Å²) in [5.41, 5.74) is 1.17. The number of rotatable bonds is 5. The Morgan fingerprint density at radius 3 is 2.47 bits per heavy atom. The smallest absolute Gasteiger partial charge is 0.315 e. The summed E-state index contributed by atoms with van der Waals surface area (Å²) < 4.78 is 9.59. The van der Waals surface area contributed by atoms with Crippen molar-refractivity contribution in [2.75, 3.05) is 20.0 Å². The molecular formula is C11H14O3S. The number of esters is 1. The van der Waals surface area contributed by atoms with E-state index in [1.54, 1.807) is 7.11 Å². The molecule has 0 fully saturated rings. The fraction of sp³-hybridized carbons (Fsp3) is 0.364. The summed E-state index contributed by atoms with van der Waals surface area (Å²) >= 11 is 1.54. The molecule has 0 aliphatic rings. The predicted octanol–water partition coefficient (Wildman–Crippen LogP) is 2.10. The lowest BCUT2D eigenvalue weighted by Crippen LogP contribution is -2.03. The highest BCUT2D eigenvalue weighted by molar-refractivity contribution is 7.99. The van der Waals surface area contributed by atoms with E-state index in [4.69, 9.17) is 4.74 Å². The van der Waals surface area contributed by atoms with Crippen molar-refractivity contribution in [2.24, 2.45) is 0 Å². The van der Waals surface area contributed by atoms with Crippen LogP contribution in [-0.4, -0.2) is 25.9 Å². The number of carbonyl (C=O) groups is 1. The van der Waals surface area contributed by atoms with E-state index in [0.717, 1.165) is 11.5 Å². The normalized spacial score (nSPS) is 9.73. The first-order chi connectivity index (χ1) is 7.26. The Balaban J connectivity index is 2.34. The molecule has 0 amide bonds. The molecule has 1 rings (SSSR count). The van der Waals surface area contributed by atoms with Gasteiger partial charge in [-0.3, -0.25) is 4.79 Å². The van der Waals surface area contributed by atoms with Crippen molar-refractivity contribution in [3.05, 3.63) is 29.8 Å². The van der Waals surface area contributed by atoms with Crippen molar-refractivity contribution >= 4 is 17.7 Å². The van der Waals surface area contributed by atoms with Crippen LogP contribution in [0.25, 0.3) is 0 Å². The second-order valence-electron chi connectivity index (χ2n) is 2.92. The van der Waals surface area contributed by atoms with E-state index in [0.29, 0.717) is 5.75 Å². The molecule has 0 aliphatic carbocycles. The van der Waals surface area contributed by atoms with Crippen LogP contribution in [0.5, 0.6) is 5.75 Å². The third-order valence-electron chi connectivity index (χ3n) is 1.88. The van der Waals surface area contributed by atoms with Crippen LogP contribution < -0.4 is 4.74 Å². The first-order valence-corrected chi connectivity index (χ1v) is 5.69. The van der Waals surface area contributed by atoms with Crippen LogP contribution in [0, 0.1) is 0 Å². The zero-order chi connectivity index (χ0) is 11.1. The van der Waals surface area contributed by atoms with E-state index in [1.165, 1.54) is 24.4 Å². The minimum absolute atomic E-state index is 0.187. The lowest BCUT2D eigenvalue weighted by Gasteiger charge is -2.02. The summed E-state index contributed by atoms with van der Waals surface area (Å²) in [6.07, 6.45) is 0. The maximum absolute atomic E-state index is 10.8. The second-order valence-corrected chi connectivity index (χ2v) is 3.90. The van der Waals surface area contributed by atoms with E-state index in [9.17, 15) is 4.79 Å². The number of carbonyl (C=O) groups excluding carboxylic acids is 1. The number of thioether (sulfide) groups is 1. The van der Waals surface area contributed by atoms with Gasteiger partial charge in [-0.2, -0.15) is 0 Å². The molecule has 15 heavy (non-hydrogen) atoms. The average molecular weight is 226 g/mol. The van der Waals surface area contributed by atoms with E-state index < -0.39 is 0 Å². The van der Waals surface area contributed by atoms with Crippen LogP contribution >= 0.6 is 11.8 Å². The molecule has 1 aromatic rings. The van der Waals surface area contributed by atoms with Gasteiger partial charge in [-0.1, -0.05) is 12.1 Å². The summed E-state index contributed by atoms with van der Waals surface area (Å²) in [5, 5.41) is 0. The predicted molar refractivity (Wildman–Crippen MR) is 61.2 cm³/mol. The molecule has 0 bridgehead atoms. The van der Waals surface area contributed by atoms with Crippen LogP contribution in [0.1, 0.15) is 5.56 Å². The van der Waals surface area contributed by atoms with Gasteiger partial charge >= 0.3 is 5.97 Å². The van der Waals surface area contributed by atoms with Crippen LogP contribution in [0.4, 0.5) is 0 Å². The molecule has 0 heterocycles. The molecule has 0 radical (unpaired) electrons. The van der Waals surface area contributed by atoms with Crippen molar-refractivity contribution in [1.82, 2.24) is 0 Å². The van der Waals surface area contributed by atoms with Gasteiger partial charge in [-0.15, -0.1) is 11.8 Å². The van der Waals surface area contributed by atoms with E-state index in [-0.39, 0.29) is 5.97 Å². The lowest BCUT2D eigenvalue weighted by atomic mass is 10.2. The Kier molecular flexibility index (Phi) is 5.04. The molecule has 0 aliphatic heterocycles. The molecule has 0 saturated heterocycles. The second kappa shape index (κ2) is 6.35. The molecular weight excluding hydrogens is 212 g/mol. The number of hydrogen-bond donors (Lipinski definition) is 0. The van der Waals surface area contributed by atoms with Crippen LogP contribution in [0.3, 0.4) is 0 Å². The highest BCUT2D eigenvalue weighted by Crippen LogP contribution is 2.16. The Labute approximate surface area is 93.8 Å². The van der Waals surface area contributed by atoms with Gasteiger partial charge in [0.2, 0.25) is 0 Å².